The number of carbonyl (C=O) groups is 1. The van der Waals surface area contributed by atoms with Crippen molar-refractivity contribution >= 4 is 34.7 Å². The number of esters is 1. The number of nitrogens with one attached hydrogen (secondary N) is 2. The van der Waals surface area contributed by atoms with Crippen LogP contribution >= 0.6 is 12.2 Å². The molecule has 8 nitrogen and oxygen atoms in total. The molecule has 0 saturated carbocycles. The number of hydrogen-bond acceptors (Lipinski definition) is 7. The number of nitrogens with zero attached hydrogens (tertiary/aromatic N) is 2. The van der Waals surface area contributed by atoms with Crippen LogP contribution in [-0.4, -0.2) is 35.0 Å². The van der Waals surface area contributed by atoms with Gasteiger partial charge in [-0.3, -0.25) is 10.4 Å². The fourth-order valence-corrected chi connectivity index (χ4v) is 4.20. The highest BCUT2D eigenvalue weighted by atomic mass is 32.1. The summed E-state index contributed by atoms with van der Waals surface area (Å²) >= 11 is 5.53. The van der Waals surface area contributed by atoms with E-state index in [1.165, 1.54) is 5.56 Å². The Morgan fingerprint density at radius 3 is 2.81 bits per heavy atom. The zero-order chi connectivity index (χ0) is 26.4. The van der Waals surface area contributed by atoms with Crippen LogP contribution in [0, 0.1) is 13.8 Å². The molecule has 0 amide bonds. The van der Waals surface area contributed by atoms with Crippen molar-refractivity contribution in [3.8, 4) is 11.5 Å². The first kappa shape index (κ1) is 26.1. The first-order valence-corrected chi connectivity index (χ1v) is 12.4. The minimum Gasteiger partial charge on any atom is -0.482 e. The van der Waals surface area contributed by atoms with Crippen molar-refractivity contribution in [2.24, 2.45) is 5.10 Å². The van der Waals surface area contributed by atoms with E-state index in [0.717, 1.165) is 28.1 Å². The maximum Gasteiger partial charge on any atom is 0.344 e. The molecule has 0 spiro atoms. The van der Waals surface area contributed by atoms with Crippen LogP contribution in [0.25, 0.3) is 0 Å². The molecule has 2 heterocycles. The van der Waals surface area contributed by atoms with Gasteiger partial charge in [-0.15, -0.1) is 0 Å². The predicted molar refractivity (Wildman–Crippen MR) is 147 cm³/mol. The van der Waals surface area contributed by atoms with E-state index in [-0.39, 0.29) is 6.61 Å². The third-order valence-corrected chi connectivity index (χ3v) is 6.37. The van der Waals surface area contributed by atoms with Gasteiger partial charge in [0.15, 0.2) is 11.7 Å². The number of rotatable bonds is 7. The topological polar surface area (TPSA) is 94.1 Å². The summed E-state index contributed by atoms with van der Waals surface area (Å²) in [5.74, 6) is 0.707. The van der Waals surface area contributed by atoms with Crippen LogP contribution in [0.3, 0.4) is 0 Å². The van der Waals surface area contributed by atoms with Gasteiger partial charge in [-0.1, -0.05) is 18.2 Å². The molecule has 2 N–H and O–H groups in total. The van der Waals surface area contributed by atoms with Crippen molar-refractivity contribution < 1.29 is 19.0 Å². The van der Waals surface area contributed by atoms with Gasteiger partial charge in [0, 0.05) is 35.6 Å². The van der Waals surface area contributed by atoms with Crippen LogP contribution in [0.15, 0.2) is 66.0 Å². The molecule has 1 unspecified atom stereocenters. The Bertz CT molecular complexity index is 1330. The van der Waals surface area contributed by atoms with Gasteiger partial charge in [0.2, 0.25) is 0 Å². The molecule has 0 radical (unpaired) electrons. The van der Waals surface area contributed by atoms with Crippen molar-refractivity contribution in [3.63, 3.8) is 0 Å². The van der Waals surface area contributed by atoms with E-state index in [0.29, 0.717) is 29.6 Å². The highest BCUT2D eigenvalue weighted by Gasteiger charge is 2.37. The fraction of sp³-hybridized carbons (Fsp3) is 0.286. The minimum atomic E-state index is -0.697. The Morgan fingerprint density at radius 1 is 1.22 bits per heavy atom. The van der Waals surface area contributed by atoms with Crippen molar-refractivity contribution in [2.45, 2.75) is 39.7 Å². The maximum atomic E-state index is 11.8. The number of benzene rings is 2. The summed E-state index contributed by atoms with van der Waals surface area (Å²) in [4.78, 5) is 16.0. The third-order valence-electron chi connectivity index (χ3n) is 6.18. The quantitative estimate of drug-likeness (QED) is 0.256. The highest BCUT2D eigenvalue weighted by molar-refractivity contribution is 7.80. The fourth-order valence-electron chi connectivity index (χ4n) is 4.04. The molecule has 1 aromatic heterocycles. The van der Waals surface area contributed by atoms with Gasteiger partial charge in [-0.05, 0) is 81.4 Å². The number of thiocarbonyl (C=S) groups is 1. The molecule has 192 valence electrons. The van der Waals surface area contributed by atoms with Gasteiger partial charge in [0.1, 0.15) is 17.1 Å². The first-order chi connectivity index (χ1) is 17.8. The van der Waals surface area contributed by atoms with Crippen LogP contribution < -0.4 is 20.2 Å². The van der Waals surface area contributed by atoms with Gasteiger partial charge >= 0.3 is 5.97 Å². The molecular weight excluding hydrogens is 488 g/mol. The van der Waals surface area contributed by atoms with E-state index >= 15 is 0 Å². The lowest BCUT2D eigenvalue weighted by atomic mass is 9.86. The maximum absolute atomic E-state index is 11.8. The molecule has 3 aromatic rings. The standard InChI is InChI=1S/C28H30N4O4S/c1-5-34-26(33)17-35-21-11-12-25-22(14-21)24(15-28(4,36-25)20-9-7-13-29-16-20)31-32-27(37)30-23-10-6-8-18(2)19(23)3/h6-14,16H,5,15,17H2,1-4H3,(H2,30,32,37). The Morgan fingerprint density at radius 2 is 2.05 bits per heavy atom. The summed E-state index contributed by atoms with van der Waals surface area (Å²) in [6.45, 7) is 7.96. The molecular formula is C28H30N4O4S. The van der Waals surface area contributed by atoms with Gasteiger partial charge in [0.05, 0.1) is 12.3 Å². The van der Waals surface area contributed by atoms with E-state index in [1.807, 2.05) is 44.2 Å². The number of anilines is 1. The number of carbonyl (C=O) groups excluding carboxylic acids is 1. The van der Waals surface area contributed by atoms with Crippen molar-refractivity contribution in [2.75, 3.05) is 18.5 Å². The number of fused-ring (bicyclic) bond motifs is 1. The second kappa shape index (κ2) is 11.4. The number of pyridine rings is 1. The number of hydrazone groups is 1. The van der Waals surface area contributed by atoms with Crippen LogP contribution in [0.2, 0.25) is 0 Å². The van der Waals surface area contributed by atoms with E-state index in [2.05, 4.69) is 33.8 Å². The largest absolute Gasteiger partial charge is 0.482 e. The van der Waals surface area contributed by atoms with E-state index < -0.39 is 11.6 Å². The molecule has 37 heavy (non-hydrogen) atoms. The van der Waals surface area contributed by atoms with Gasteiger partial charge < -0.3 is 19.5 Å². The average Bonchev–Trinajstić information content (AvgIpc) is 2.89. The highest BCUT2D eigenvalue weighted by Crippen LogP contribution is 2.40. The van der Waals surface area contributed by atoms with Crippen LogP contribution in [0.1, 0.15) is 42.5 Å². The summed E-state index contributed by atoms with van der Waals surface area (Å²) in [6, 6.07) is 15.2. The zero-order valence-corrected chi connectivity index (χ0v) is 22.1. The average molecular weight is 519 g/mol. The summed E-state index contributed by atoms with van der Waals surface area (Å²) in [5.41, 5.74) is 7.87. The molecule has 0 bridgehead atoms. The molecule has 1 aliphatic rings. The monoisotopic (exact) mass is 518 g/mol. The third kappa shape index (κ3) is 6.24. The smallest absolute Gasteiger partial charge is 0.344 e. The van der Waals surface area contributed by atoms with E-state index in [4.69, 9.17) is 26.4 Å². The number of ether oxygens (including phenoxy) is 3. The summed E-state index contributed by atoms with van der Waals surface area (Å²) in [7, 11) is 0. The lowest BCUT2D eigenvalue weighted by Gasteiger charge is -2.36. The number of aryl methyl sites for hydroxylation is 1. The van der Waals surface area contributed by atoms with Crippen molar-refractivity contribution in [3.05, 3.63) is 83.2 Å². The van der Waals surface area contributed by atoms with Crippen molar-refractivity contribution in [1.29, 1.82) is 0 Å². The second-order valence-corrected chi connectivity index (χ2v) is 9.28. The first-order valence-electron chi connectivity index (χ1n) is 12.0. The molecule has 0 aliphatic carbocycles. The molecule has 9 heteroatoms. The number of hydrogen-bond donors (Lipinski definition) is 2. The molecule has 1 atom stereocenters. The normalized spacial score (nSPS) is 17.4. The summed E-state index contributed by atoms with van der Waals surface area (Å²) in [5, 5.41) is 8.26. The Hall–Kier alpha value is -3.98. The van der Waals surface area contributed by atoms with E-state index in [1.54, 1.807) is 31.5 Å². The SMILES string of the molecule is CCOC(=O)COc1ccc2c(c1)C(=NNC(=S)Nc1cccc(C)c1C)CC(C)(c1cccnc1)O2. The zero-order valence-electron chi connectivity index (χ0n) is 21.3. The van der Waals surface area contributed by atoms with Crippen molar-refractivity contribution in [1.82, 2.24) is 10.4 Å². The summed E-state index contributed by atoms with van der Waals surface area (Å²) < 4.78 is 17.0. The van der Waals surface area contributed by atoms with Crippen LogP contribution in [-0.2, 0) is 15.1 Å². The number of aromatic nitrogens is 1. The Balaban J connectivity index is 1.61. The van der Waals surface area contributed by atoms with Gasteiger partial charge in [0.25, 0.3) is 0 Å². The second-order valence-electron chi connectivity index (χ2n) is 8.87. The summed E-state index contributed by atoms with van der Waals surface area (Å²) in [6.07, 6.45) is 3.97. The predicted octanol–water partition coefficient (Wildman–Crippen LogP) is 5.03. The minimum absolute atomic E-state index is 0.185. The van der Waals surface area contributed by atoms with E-state index in [9.17, 15) is 4.79 Å². The Labute approximate surface area is 222 Å². The van der Waals surface area contributed by atoms with Crippen LogP contribution in [0.5, 0.6) is 11.5 Å². The molecule has 2 aromatic carbocycles. The molecule has 4 rings (SSSR count). The molecule has 0 fully saturated rings. The molecule has 0 saturated heterocycles. The van der Waals surface area contributed by atoms with Gasteiger partial charge in [-0.2, -0.15) is 5.10 Å². The van der Waals surface area contributed by atoms with Gasteiger partial charge in [-0.25, -0.2) is 4.79 Å². The lowest BCUT2D eigenvalue weighted by molar-refractivity contribution is -0.145. The van der Waals surface area contributed by atoms with Crippen LogP contribution in [0.4, 0.5) is 5.69 Å². The lowest BCUT2D eigenvalue weighted by Crippen LogP contribution is -2.38. The Kier molecular flexibility index (Phi) is 8.03. The molecule has 1 aliphatic heterocycles.